The molecule has 1 aliphatic heterocycles. The van der Waals surface area contributed by atoms with Gasteiger partial charge in [-0.3, -0.25) is 4.79 Å². The number of rotatable bonds is 6. The van der Waals surface area contributed by atoms with Gasteiger partial charge in [0.25, 0.3) is 0 Å². The van der Waals surface area contributed by atoms with Gasteiger partial charge in [-0.25, -0.2) is 0 Å². The number of thioether (sulfide) groups is 1. The quantitative estimate of drug-likeness (QED) is 0.770. The first-order valence-corrected chi connectivity index (χ1v) is 9.43. The maximum absolute atomic E-state index is 10.7. The second kappa shape index (κ2) is 7.05. The van der Waals surface area contributed by atoms with Gasteiger partial charge in [0.15, 0.2) is 0 Å². The number of aryl methyl sites for hydroxylation is 2. The number of hydrogen-bond donors (Lipinski definition) is 2. The molecule has 4 nitrogen and oxygen atoms in total. The van der Waals surface area contributed by atoms with Gasteiger partial charge < -0.3 is 15.0 Å². The maximum Gasteiger partial charge on any atom is 0.303 e. The third kappa shape index (κ3) is 3.31. The van der Waals surface area contributed by atoms with Crippen molar-refractivity contribution in [1.82, 2.24) is 4.98 Å². The summed E-state index contributed by atoms with van der Waals surface area (Å²) in [6.45, 7) is 4.01. The Morgan fingerprint density at radius 3 is 3.04 bits per heavy atom. The first-order chi connectivity index (χ1) is 11.1. The number of aliphatic carboxylic acids is 1. The zero-order valence-corrected chi connectivity index (χ0v) is 14.8. The minimum atomic E-state index is -0.733. The number of aromatic amines is 1. The lowest BCUT2D eigenvalue weighted by Crippen LogP contribution is -2.30. The topological polar surface area (TPSA) is 56.3 Å². The highest BCUT2D eigenvalue weighted by Crippen LogP contribution is 2.41. The van der Waals surface area contributed by atoms with Crippen LogP contribution in [0.3, 0.4) is 0 Å². The summed E-state index contributed by atoms with van der Waals surface area (Å²) in [5, 5.41) is 10.1. The Morgan fingerprint density at radius 2 is 2.30 bits per heavy atom. The van der Waals surface area contributed by atoms with E-state index in [2.05, 4.69) is 28.9 Å². The zero-order valence-electron chi connectivity index (χ0n) is 13.2. The van der Waals surface area contributed by atoms with Crippen molar-refractivity contribution in [3.63, 3.8) is 0 Å². The highest BCUT2D eigenvalue weighted by molar-refractivity contribution is 7.99. The molecule has 0 unspecified atom stereocenters. The molecule has 2 heterocycles. The Bertz CT molecular complexity index is 729. The van der Waals surface area contributed by atoms with Crippen LogP contribution in [0, 0.1) is 6.92 Å². The normalized spacial score (nSPS) is 14.3. The zero-order chi connectivity index (χ0) is 16.4. The predicted molar refractivity (Wildman–Crippen MR) is 97.3 cm³/mol. The van der Waals surface area contributed by atoms with E-state index in [1.165, 1.54) is 27.0 Å². The van der Waals surface area contributed by atoms with E-state index < -0.39 is 5.97 Å². The molecule has 1 aromatic carbocycles. The molecule has 23 heavy (non-hydrogen) atoms. The van der Waals surface area contributed by atoms with E-state index in [0.717, 1.165) is 31.0 Å². The van der Waals surface area contributed by atoms with E-state index in [-0.39, 0.29) is 6.42 Å². The number of fused-ring (bicyclic) bond motifs is 3. The Kier molecular flexibility index (Phi) is 5.07. The van der Waals surface area contributed by atoms with Crippen LogP contribution < -0.4 is 4.90 Å². The summed E-state index contributed by atoms with van der Waals surface area (Å²) in [4.78, 5) is 17.9. The van der Waals surface area contributed by atoms with Crippen molar-refractivity contribution in [2.45, 2.75) is 31.1 Å². The number of H-pyrrole nitrogens is 1. The molecule has 2 aromatic rings. The van der Waals surface area contributed by atoms with Crippen LogP contribution in [-0.4, -0.2) is 40.8 Å². The van der Waals surface area contributed by atoms with Gasteiger partial charge in [-0.15, -0.1) is 23.4 Å². The predicted octanol–water partition coefficient (Wildman–Crippen LogP) is 4.03. The number of benzene rings is 1. The van der Waals surface area contributed by atoms with Crippen molar-refractivity contribution in [3.05, 3.63) is 23.4 Å². The summed E-state index contributed by atoms with van der Waals surface area (Å²) in [7, 11) is 0. The fourth-order valence-corrected chi connectivity index (χ4v) is 4.56. The molecule has 1 aromatic heterocycles. The molecule has 0 aliphatic carbocycles. The van der Waals surface area contributed by atoms with Crippen molar-refractivity contribution in [3.8, 4) is 0 Å². The number of alkyl halides is 1. The molecule has 0 amide bonds. The molecule has 1 aliphatic rings. The Hall–Kier alpha value is -1.33. The monoisotopic (exact) mass is 352 g/mol. The average Bonchev–Trinajstić information content (AvgIpc) is 2.85. The van der Waals surface area contributed by atoms with Gasteiger partial charge in [0.2, 0.25) is 0 Å². The van der Waals surface area contributed by atoms with Crippen molar-refractivity contribution in [2.75, 3.05) is 29.6 Å². The minimum absolute atomic E-state index is 0.213. The number of carboxylic acid groups (broad SMARTS) is 1. The average molecular weight is 353 g/mol. The summed E-state index contributed by atoms with van der Waals surface area (Å²) in [6, 6.07) is 4.37. The molecule has 2 N–H and O–H groups in total. The molecule has 0 fully saturated rings. The fraction of sp³-hybridized carbons (Fsp3) is 0.471. The molecule has 0 bridgehead atoms. The van der Waals surface area contributed by atoms with Crippen LogP contribution in [0.2, 0.25) is 0 Å². The largest absolute Gasteiger partial charge is 0.481 e. The molecule has 0 saturated heterocycles. The number of carbonyl (C=O) groups is 1. The number of nitrogens with zero attached hydrogens (tertiary/aromatic N) is 1. The van der Waals surface area contributed by atoms with E-state index in [4.69, 9.17) is 16.7 Å². The molecule has 124 valence electrons. The summed E-state index contributed by atoms with van der Waals surface area (Å²) in [5.41, 5.74) is 4.84. The van der Waals surface area contributed by atoms with Crippen LogP contribution in [0.5, 0.6) is 0 Å². The van der Waals surface area contributed by atoms with E-state index in [1.54, 1.807) is 0 Å². The van der Waals surface area contributed by atoms with Crippen molar-refractivity contribution in [1.29, 1.82) is 0 Å². The van der Waals surface area contributed by atoms with Crippen molar-refractivity contribution < 1.29 is 9.90 Å². The van der Waals surface area contributed by atoms with E-state index >= 15 is 0 Å². The molecule has 0 saturated carbocycles. The lowest BCUT2D eigenvalue weighted by Gasteiger charge is -2.30. The SMILES string of the molecule is Cc1c(CCCC(=O)O)[nH]c2c3c(ccc12)N(CCCl)CCS3. The second-order valence-corrected chi connectivity index (χ2v) is 7.32. The molecule has 0 atom stereocenters. The Labute approximate surface area is 145 Å². The van der Waals surface area contributed by atoms with E-state index in [1.807, 2.05) is 11.8 Å². The summed E-state index contributed by atoms with van der Waals surface area (Å²) >= 11 is 7.82. The lowest BCUT2D eigenvalue weighted by atomic mass is 10.1. The number of aromatic nitrogens is 1. The van der Waals surface area contributed by atoms with Crippen LogP contribution in [0.15, 0.2) is 17.0 Å². The summed E-state index contributed by atoms with van der Waals surface area (Å²) in [5.74, 6) is 0.963. The lowest BCUT2D eigenvalue weighted by molar-refractivity contribution is -0.137. The highest BCUT2D eigenvalue weighted by Gasteiger charge is 2.21. The van der Waals surface area contributed by atoms with Crippen LogP contribution in [0.4, 0.5) is 5.69 Å². The molecular weight excluding hydrogens is 332 g/mol. The van der Waals surface area contributed by atoms with E-state index in [9.17, 15) is 4.79 Å². The van der Waals surface area contributed by atoms with Crippen molar-refractivity contribution >= 4 is 45.9 Å². The van der Waals surface area contributed by atoms with Crippen LogP contribution in [0.25, 0.3) is 10.9 Å². The molecule has 0 spiro atoms. The van der Waals surface area contributed by atoms with Gasteiger partial charge in [0.05, 0.1) is 16.1 Å². The summed E-state index contributed by atoms with van der Waals surface area (Å²) in [6.07, 6.45) is 1.65. The minimum Gasteiger partial charge on any atom is -0.481 e. The van der Waals surface area contributed by atoms with Gasteiger partial charge in [0.1, 0.15) is 0 Å². The van der Waals surface area contributed by atoms with Gasteiger partial charge in [-0.2, -0.15) is 0 Å². The van der Waals surface area contributed by atoms with Gasteiger partial charge >= 0.3 is 5.97 Å². The maximum atomic E-state index is 10.7. The van der Waals surface area contributed by atoms with Crippen molar-refractivity contribution in [2.24, 2.45) is 0 Å². The number of anilines is 1. The smallest absolute Gasteiger partial charge is 0.303 e. The molecule has 6 heteroatoms. The third-order valence-corrected chi connectivity index (χ3v) is 5.65. The molecular formula is C17H21ClN2O2S. The van der Waals surface area contributed by atoms with Crippen LogP contribution in [0.1, 0.15) is 24.1 Å². The Morgan fingerprint density at radius 1 is 1.48 bits per heavy atom. The molecule has 0 radical (unpaired) electrons. The number of carboxylic acids is 1. The Balaban J connectivity index is 1.95. The second-order valence-electron chi connectivity index (χ2n) is 5.84. The summed E-state index contributed by atoms with van der Waals surface area (Å²) < 4.78 is 0. The molecule has 3 rings (SSSR count). The van der Waals surface area contributed by atoms with Gasteiger partial charge in [0, 0.05) is 42.2 Å². The van der Waals surface area contributed by atoms with Crippen LogP contribution >= 0.6 is 23.4 Å². The highest BCUT2D eigenvalue weighted by atomic mass is 35.5. The van der Waals surface area contributed by atoms with Gasteiger partial charge in [-0.1, -0.05) is 6.07 Å². The number of nitrogens with one attached hydrogen (secondary N) is 1. The first kappa shape index (κ1) is 16.5. The number of hydrogen-bond acceptors (Lipinski definition) is 3. The third-order valence-electron chi connectivity index (χ3n) is 4.39. The standard InChI is InChI=1S/C17H21ClN2O2S/c1-11-12-5-6-14-17(23-10-9-20(14)8-7-18)16(12)19-13(11)3-2-4-15(21)22/h5-6,19H,2-4,7-10H2,1H3,(H,21,22). The van der Waals surface area contributed by atoms with Gasteiger partial charge in [-0.05, 0) is 31.4 Å². The number of halogens is 1. The first-order valence-electron chi connectivity index (χ1n) is 7.91. The van der Waals surface area contributed by atoms with E-state index in [0.29, 0.717) is 12.3 Å². The fourth-order valence-electron chi connectivity index (χ4n) is 3.19. The van der Waals surface area contributed by atoms with Crippen LogP contribution in [-0.2, 0) is 11.2 Å².